The first-order valence-corrected chi connectivity index (χ1v) is 7.70. The number of aromatic carboxylic acids is 1. The summed E-state index contributed by atoms with van der Waals surface area (Å²) in [4.78, 5) is 11.2. The Morgan fingerprint density at radius 1 is 1.48 bits per heavy atom. The van der Waals surface area contributed by atoms with Gasteiger partial charge in [0.2, 0.25) is 10.0 Å². The van der Waals surface area contributed by atoms with Crippen LogP contribution in [0.15, 0.2) is 23.1 Å². The molecule has 1 aromatic carbocycles. The highest BCUT2D eigenvalue weighted by Gasteiger charge is 2.21. The summed E-state index contributed by atoms with van der Waals surface area (Å²) in [5.74, 6) is 1.28. The van der Waals surface area contributed by atoms with Gasteiger partial charge in [0.25, 0.3) is 0 Å². The second-order valence-corrected chi connectivity index (χ2v) is 6.72. The highest BCUT2D eigenvalue weighted by atomic mass is 32.2. The minimum Gasteiger partial charge on any atom is -0.478 e. The molecule has 21 heavy (non-hydrogen) atoms. The van der Waals surface area contributed by atoms with Crippen molar-refractivity contribution in [1.29, 1.82) is 0 Å². The number of hydrogen-bond donors (Lipinski definition) is 2. The topological polar surface area (TPSA) is 86.7 Å². The zero-order chi connectivity index (χ0) is 16.2. The summed E-state index contributed by atoms with van der Waals surface area (Å²) in [6, 6.07) is 3.58. The number of sulfonamides is 1. The molecule has 114 valence electrons. The van der Waals surface area contributed by atoms with Crippen molar-refractivity contribution in [2.75, 3.05) is 19.4 Å². The number of nitrogens with one attached hydrogen (secondary N) is 1. The third kappa shape index (κ3) is 3.74. The summed E-state index contributed by atoms with van der Waals surface area (Å²) >= 11 is 0. The molecule has 0 amide bonds. The highest BCUT2D eigenvalue weighted by molar-refractivity contribution is 7.89. The molecule has 0 heterocycles. The van der Waals surface area contributed by atoms with Crippen LogP contribution in [-0.2, 0) is 10.0 Å². The number of hydrogen-bond acceptors (Lipinski definition) is 4. The molecule has 1 rings (SSSR count). The zero-order valence-corrected chi connectivity index (χ0v) is 12.9. The van der Waals surface area contributed by atoms with Crippen molar-refractivity contribution >= 4 is 21.7 Å². The van der Waals surface area contributed by atoms with Crippen LogP contribution >= 0.6 is 0 Å². The monoisotopic (exact) mass is 310 g/mol. The van der Waals surface area contributed by atoms with E-state index in [1.54, 1.807) is 0 Å². The Labute approximate surface area is 124 Å². The van der Waals surface area contributed by atoms with Gasteiger partial charge in [-0.3, -0.25) is 0 Å². The van der Waals surface area contributed by atoms with E-state index in [-0.39, 0.29) is 16.5 Å². The van der Waals surface area contributed by atoms with E-state index in [1.165, 1.54) is 26.2 Å². The van der Waals surface area contributed by atoms with Crippen molar-refractivity contribution in [1.82, 2.24) is 4.31 Å². The number of anilines is 1. The Hall–Kier alpha value is -2.04. The Morgan fingerprint density at radius 2 is 2.10 bits per heavy atom. The van der Waals surface area contributed by atoms with Crippen LogP contribution in [0.1, 0.15) is 23.7 Å². The second kappa shape index (κ2) is 6.61. The van der Waals surface area contributed by atoms with Crippen LogP contribution in [0.25, 0.3) is 0 Å². The van der Waals surface area contributed by atoms with Crippen molar-refractivity contribution < 1.29 is 18.3 Å². The predicted octanol–water partition coefficient (Wildman–Crippen LogP) is 1.46. The molecule has 1 unspecified atom stereocenters. The summed E-state index contributed by atoms with van der Waals surface area (Å²) in [7, 11) is -0.923. The fourth-order valence-corrected chi connectivity index (χ4v) is 2.58. The van der Waals surface area contributed by atoms with E-state index in [1.807, 2.05) is 6.92 Å². The van der Waals surface area contributed by atoms with Gasteiger partial charge < -0.3 is 10.4 Å². The normalized spacial score (nSPS) is 12.7. The minimum absolute atomic E-state index is 0.0794. The minimum atomic E-state index is -3.69. The Balaban J connectivity index is 3.33. The Morgan fingerprint density at radius 3 is 2.52 bits per heavy atom. The average molecular weight is 310 g/mol. The van der Waals surface area contributed by atoms with Crippen molar-refractivity contribution in [3.63, 3.8) is 0 Å². The third-order valence-corrected chi connectivity index (χ3v) is 4.75. The van der Waals surface area contributed by atoms with E-state index in [2.05, 4.69) is 11.2 Å². The second-order valence-electron chi connectivity index (χ2n) is 4.57. The SMILES string of the molecule is C#CC(CC)Nc1ccc(S(=O)(=O)N(C)C)cc1C(=O)O. The summed E-state index contributed by atoms with van der Waals surface area (Å²) < 4.78 is 25.1. The van der Waals surface area contributed by atoms with Crippen molar-refractivity contribution in [2.45, 2.75) is 24.3 Å². The standard InChI is InChI=1S/C14H18N2O4S/c1-5-10(6-2)15-13-8-7-11(9-12(13)14(17)18)21(19,20)16(3)4/h1,7-10,15H,6H2,2-4H3,(H,17,18). The molecule has 0 aliphatic carbocycles. The largest absolute Gasteiger partial charge is 0.478 e. The average Bonchev–Trinajstić information content (AvgIpc) is 2.44. The Kier molecular flexibility index (Phi) is 5.35. The molecular formula is C14H18N2O4S. The van der Waals surface area contributed by atoms with Crippen LogP contribution < -0.4 is 5.32 Å². The number of carboxylic acid groups (broad SMARTS) is 1. The van der Waals surface area contributed by atoms with Gasteiger partial charge in [-0.1, -0.05) is 12.8 Å². The maximum Gasteiger partial charge on any atom is 0.337 e. The summed E-state index contributed by atoms with van der Waals surface area (Å²) in [6.07, 6.45) is 5.95. The molecule has 0 aliphatic rings. The molecule has 0 saturated heterocycles. The van der Waals surface area contributed by atoms with Crippen LogP contribution in [0.2, 0.25) is 0 Å². The van der Waals surface area contributed by atoms with Crippen LogP contribution in [0.4, 0.5) is 5.69 Å². The van der Waals surface area contributed by atoms with Crippen LogP contribution in [-0.4, -0.2) is 43.9 Å². The zero-order valence-electron chi connectivity index (χ0n) is 12.1. The van der Waals surface area contributed by atoms with Gasteiger partial charge in [0.1, 0.15) is 0 Å². The predicted molar refractivity (Wildman–Crippen MR) is 80.8 cm³/mol. The summed E-state index contributed by atoms with van der Waals surface area (Å²) in [5.41, 5.74) is 0.164. The van der Waals surface area contributed by atoms with Crippen LogP contribution in [0.5, 0.6) is 0 Å². The van der Waals surface area contributed by atoms with Crippen molar-refractivity contribution in [3.05, 3.63) is 23.8 Å². The fraction of sp³-hybridized carbons (Fsp3) is 0.357. The molecule has 6 nitrogen and oxygen atoms in total. The third-order valence-electron chi connectivity index (χ3n) is 2.94. The molecule has 0 aromatic heterocycles. The molecule has 0 saturated carbocycles. The van der Waals surface area contributed by atoms with E-state index in [0.29, 0.717) is 12.1 Å². The maximum atomic E-state index is 12.0. The number of terminal acetylenes is 1. The van der Waals surface area contributed by atoms with Gasteiger partial charge in [-0.2, -0.15) is 0 Å². The lowest BCUT2D eigenvalue weighted by Gasteiger charge is -2.17. The fourth-order valence-electron chi connectivity index (χ4n) is 1.65. The van der Waals surface area contributed by atoms with Gasteiger partial charge in [0.15, 0.2) is 0 Å². The molecule has 0 bridgehead atoms. The molecule has 0 fully saturated rings. The van der Waals surface area contributed by atoms with E-state index in [0.717, 1.165) is 10.4 Å². The lowest BCUT2D eigenvalue weighted by Crippen LogP contribution is -2.23. The van der Waals surface area contributed by atoms with Crippen LogP contribution in [0, 0.1) is 12.3 Å². The van der Waals surface area contributed by atoms with E-state index in [9.17, 15) is 18.3 Å². The number of rotatable bonds is 6. The molecule has 0 radical (unpaired) electrons. The highest BCUT2D eigenvalue weighted by Crippen LogP contribution is 2.23. The first-order valence-electron chi connectivity index (χ1n) is 6.26. The number of nitrogens with zero attached hydrogens (tertiary/aromatic N) is 1. The number of benzene rings is 1. The quantitative estimate of drug-likeness (QED) is 0.777. The summed E-state index contributed by atoms with van der Waals surface area (Å²) in [5, 5.41) is 12.2. The maximum absolute atomic E-state index is 12.0. The smallest absolute Gasteiger partial charge is 0.337 e. The first-order chi connectivity index (χ1) is 9.73. The molecule has 0 spiro atoms. The number of carbonyl (C=O) groups is 1. The molecule has 2 N–H and O–H groups in total. The van der Waals surface area contributed by atoms with Gasteiger partial charge in [0, 0.05) is 19.8 Å². The van der Waals surface area contributed by atoms with Gasteiger partial charge >= 0.3 is 5.97 Å². The van der Waals surface area contributed by atoms with E-state index in [4.69, 9.17) is 6.42 Å². The summed E-state index contributed by atoms with van der Waals surface area (Å²) in [6.45, 7) is 1.86. The number of carboxylic acids is 1. The molecular weight excluding hydrogens is 292 g/mol. The molecule has 0 aliphatic heterocycles. The van der Waals surface area contributed by atoms with E-state index < -0.39 is 16.0 Å². The van der Waals surface area contributed by atoms with Crippen molar-refractivity contribution in [3.8, 4) is 12.3 Å². The van der Waals surface area contributed by atoms with Gasteiger partial charge in [-0.05, 0) is 24.6 Å². The first kappa shape index (κ1) is 17.0. The lowest BCUT2D eigenvalue weighted by molar-refractivity contribution is 0.0697. The van der Waals surface area contributed by atoms with Gasteiger partial charge in [-0.15, -0.1) is 6.42 Å². The molecule has 1 atom stereocenters. The molecule has 7 heteroatoms. The van der Waals surface area contributed by atoms with E-state index >= 15 is 0 Å². The van der Waals surface area contributed by atoms with Gasteiger partial charge in [-0.25, -0.2) is 17.5 Å². The Bertz CT molecular complexity index is 675. The van der Waals surface area contributed by atoms with Crippen molar-refractivity contribution in [2.24, 2.45) is 0 Å². The van der Waals surface area contributed by atoms with Crippen LogP contribution in [0.3, 0.4) is 0 Å². The molecule has 1 aromatic rings. The van der Waals surface area contributed by atoms with Gasteiger partial charge in [0.05, 0.1) is 16.5 Å². The lowest BCUT2D eigenvalue weighted by atomic mass is 10.1.